The summed E-state index contributed by atoms with van der Waals surface area (Å²) in [6.45, 7) is 6.71. The normalized spacial score (nSPS) is 11.6. The van der Waals surface area contributed by atoms with E-state index in [1.165, 1.54) is 0 Å². The van der Waals surface area contributed by atoms with Crippen molar-refractivity contribution in [2.45, 2.75) is 19.6 Å². The predicted molar refractivity (Wildman–Crippen MR) is 52.2 cm³/mol. The first kappa shape index (κ1) is 8.75. The fourth-order valence-corrected chi connectivity index (χ4v) is 3.17. The van der Waals surface area contributed by atoms with Crippen molar-refractivity contribution in [1.82, 2.24) is 4.98 Å². The van der Waals surface area contributed by atoms with Gasteiger partial charge >= 0.3 is 0 Å². The van der Waals surface area contributed by atoms with Gasteiger partial charge in [-0.3, -0.25) is 4.98 Å². The van der Waals surface area contributed by atoms with Crippen LogP contribution in [0.2, 0.25) is 24.7 Å². The smallest absolute Gasteiger partial charge is 0.103 e. The van der Waals surface area contributed by atoms with E-state index in [1.807, 2.05) is 12.1 Å². The van der Waals surface area contributed by atoms with Crippen molar-refractivity contribution in [2.24, 2.45) is 0 Å². The lowest BCUT2D eigenvalue weighted by Gasteiger charge is -2.15. The summed E-state index contributed by atoms with van der Waals surface area (Å²) in [4.78, 5) is 4.28. The molecule has 11 heavy (non-hydrogen) atoms. The minimum absolute atomic E-state index is 0.812. The molecule has 0 atom stereocenters. The molecule has 0 N–H and O–H groups in total. The van der Waals surface area contributed by atoms with Gasteiger partial charge in [-0.25, -0.2) is 0 Å². The van der Waals surface area contributed by atoms with Crippen molar-refractivity contribution < 1.29 is 0 Å². The standard InChI is InChI=1S/C8H12ClNSi/c1-11(2,3)8-7(9)5-4-6-10-8/h4-6H,1-3H3. The highest BCUT2D eigenvalue weighted by Crippen LogP contribution is 2.09. The first-order valence-corrected chi connectivity index (χ1v) is 7.50. The highest BCUT2D eigenvalue weighted by Gasteiger charge is 2.20. The van der Waals surface area contributed by atoms with Crippen LogP contribution in [0.1, 0.15) is 0 Å². The molecule has 0 bridgehead atoms. The topological polar surface area (TPSA) is 12.9 Å². The highest BCUT2D eigenvalue weighted by atomic mass is 35.5. The number of pyridine rings is 1. The quantitative estimate of drug-likeness (QED) is 0.612. The monoisotopic (exact) mass is 185 g/mol. The maximum Gasteiger partial charge on any atom is 0.103 e. The van der Waals surface area contributed by atoms with Crippen molar-refractivity contribution >= 4 is 25.0 Å². The zero-order valence-corrected chi connectivity index (χ0v) is 8.81. The Hall–Kier alpha value is -0.343. The van der Waals surface area contributed by atoms with Gasteiger partial charge in [0.1, 0.15) is 8.07 Å². The van der Waals surface area contributed by atoms with Crippen molar-refractivity contribution in [2.75, 3.05) is 0 Å². The van der Waals surface area contributed by atoms with Gasteiger partial charge in [0, 0.05) is 11.5 Å². The van der Waals surface area contributed by atoms with Gasteiger partial charge in [0.2, 0.25) is 0 Å². The summed E-state index contributed by atoms with van der Waals surface area (Å²) >= 11 is 5.98. The summed E-state index contributed by atoms with van der Waals surface area (Å²) in [5.74, 6) is 0. The molecule has 1 heterocycles. The minimum Gasteiger partial charge on any atom is -0.265 e. The van der Waals surface area contributed by atoms with Crippen LogP contribution in [0.4, 0.5) is 0 Å². The Labute approximate surface area is 73.4 Å². The predicted octanol–water partition coefficient (Wildman–Crippen LogP) is 2.28. The van der Waals surface area contributed by atoms with Crippen molar-refractivity contribution in [3.63, 3.8) is 0 Å². The fraction of sp³-hybridized carbons (Fsp3) is 0.375. The molecule has 0 unspecified atom stereocenters. The fourth-order valence-electron chi connectivity index (χ4n) is 0.938. The van der Waals surface area contributed by atoms with Gasteiger partial charge in [-0.2, -0.15) is 0 Å². The maximum absolute atomic E-state index is 5.98. The van der Waals surface area contributed by atoms with Gasteiger partial charge in [0.05, 0.1) is 5.02 Å². The minimum atomic E-state index is -1.32. The van der Waals surface area contributed by atoms with Crippen LogP contribution in [0.3, 0.4) is 0 Å². The molecule has 0 aromatic carbocycles. The molecule has 1 aromatic rings. The molecule has 60 valence electrons. The van der Waals surface area contributed by atoms with Gasteiger partial charge in [-0.05, 0) is 12.1 Å². The number of hydrogen-bond acceptors (Lipinski definition) is 1. The van der Waals surface area contributed by atoms with Crippen LogP contribution in [0.5, 0.6) is 0 Å². The van der Waals surface area contributed by atoms with Gasteiger partial charge < -0.3 is 0 Å². The molecule has 0 aliphatic heterocycles. The second-order valence-corrected chi connectivity index (χ2v) is 8.96. The Morgan fingerprint density at radius 3 is 2.36 bits per heavy atom. The molecule has 3 heteroatoms. The van der Waals surface area contributed by atoms with Gasteiger partial charge in [0.25, 0.3) is 0 Å². The SMILES string of the molecule is C[Si](C)(C)c1ncccc1Cl. The summed E-state index contributed by atoms with van der Waals surface area (Å²) in [6, 6.07) is 3.77. The third-order valence-corrected chi connectivity index (χ3v) is 3.75. The summed E-state index contributed by atoms with van der Waals surface area (Å²) in [7, 11) is -1.32. The van der Waals surface area contributed by atoms with Crippen LogP contribution in [0.15, 0.2) is 18.3 Å². The molecule has 0 aliphatic rings. The zero-order chi connectivity index (χ0) is 8.48. The second-order valence-electron chi connectivity index (χ2n) is 3.58. The molecule has 1 nitrogen and oxygen atoms in total. The lowest BCUT2D eigenvalue weighted by molar-refractivity contribution is 1.36. The van der Waals surface area contributed by atoms with Gasteiger partial charge in [0.15, 0.2) is 0 Å². The second kappa shape index (κ2) is 2.95. The van der Waals surface area contributed by atoms with E-state index in [2.05, 4.69) is 24.6 Å². The summed E-state index contributed by atoms with van der Waals surface area (Å²) in [5, 5.41) is 1.91. The first-order valence-electron chi connectivity index (χ1n) is 3.63. The lowest BCUT2D eigenvalue weighted by atomic mass is 10.5. The van der Waals surface area contributed by atoms with E-state index in [4.69, 9.17) is 11.6 Å². The van der Waals surface area contributed by atoms with E-state index in [-0.39, 0.29) is 0 Å². The number of rotatable bonds is 1. The molecule has 0 amide bonds. The lowest BCUT2D eigenvalue weighted by Crippen LogP contribution is -2.40. The maximum atomic E-state index is 5.98. The van der Waals surface area contributed by atoms with E-state index < -0.39 is 8.07 Å². The molecular formula is C8H12ClNSi. The van der Waals surface area contributed by atoms with E-state index >= 15 is 0 Å². The number of nitrogens with zero attached hydrogens (tertiary/aromatic N) is 1. The largest absolute Gasteiger partial charge is 0.265 e. The van der Waals surface area contributed by atoms with Crippen LogP contribution in [-0.2, 0) is 0 Å². The molecule has 0 spiro atoms. The third-order valence-electron chi connectivity index (χ3n) is 1.47. The molecular weight excluding hydrogens is 174 g/mol. The van der Waals surface area contributed by atoms with Crippen LogP contribution in [0.25, 0.3) is 0 Å². The summed E-state index contributed by atoms with van der Waals surface area (Å²) in [5.41, 5.74) is 0. The van der Waals surface area contributed by atoms with Gasteiger partial charge in [-0.1, -0.05) is 31.2 Å². The van der Waals surface area contributed by atoms with Crippen molar-refractivity contribution in [1.29, 1.82) is 0 Å². The Bertz CT molecular complexity index is 255. The van der Waals surface area contributed by atoms with Crippen molar-refractivity contribution in [3.8, 4) is 0 Å². The molecule has 0 fully saturated rings. The number of hydrogen-bond donors (Lipinski definition) is 0. The Morgan fingerprint density at radius 1 is 1.36 bits per heavy atom. The first-order chi connectivity index (χ1) is 5.02. The van der Waals surface area contributed by atoms with Crippen LogP contribution < -0.4 is 5.32 Å². The number of aromatic nitrogens is 1. The Kier molecular flexibility index (Phi) is 2.35. The molecule has 0 saturated heterocycles. The van der Waals surface area contributed by atoms with Crippen LogP contribution >= 0.6 is 11.6 Å². The summed E-state index contributed by atoms with van der Waals surface area (Å²) in [6.07, 6.45) is 1.81. The molecule has 1 aromatic heterocycles. The number of halogens is 1. The molecule has 0 saturated carbocycles. The van der Waals surface area contributed by atoms with E-state index in [0.29, 0.717) is 0 Å². The van der Waals surface area contributed by atoms with Crippen molar-refractivity contribution in [3.05, 3.63) is 23.4 Å². The molecule has 0 aliphatic carbocycles. The average Bonchev–Trinajstić information content (AvgIpc) is 1.86. The molecule has 1 rings (SSSR count). The average molecular weight is 186 g/mol. The van der Waals surface area contributed by atoms with Crippen LogP contribution in [0, 0.1) is 0 Å². The Morgan fingerprint density at radius 2 is 2.00 bits per heavy atom. The molecule has 0 radical (unpaired) electrons. The van der Waals surface area contributed by atoms with E-state index in [1.54, 1.807) is 6.20 Å². The van der Waals surface area contributed by atoms with Gasteiger partial charge in [-0.15, -0.1) is 0 Å². The third kappa shape index (κ3) is 2.04. The summed E-state index contributed by atoms with van der Waals surface area (Å²) < 4.78 is 0. The van der Waals surface area contributed by atoms with E-state index in [0.717, 1.165) is 10.3 Å². The zero-order valence-electron chi connectivity index (χ0n) is 7.06. The highest BCUT2D eigenvalue weighted by molar-refractivity contribution is 6.89. The van der Waals surface area contributed by atoms with E-state index in [9.17, 15) is 0 Å². The Balaban J connectivity index is 3.14. The van der Waals surface area contributed by atoms with Crippen LogP contribution in [-0.4, -0.2) is 13.1 Å².